The number of aromatic nitrogens is 2. The van der Waals surface area contributed by atoms with Crippen molar-refractivity contribution < 1.29 is 9.90 Å². The van der Waals surface area contributed by atoms with Crippen molar-refractivity contribution in [3.63, 3.8) is 0 Å². The number of hydrogen-bond acceptors (Lipinski definition) is 3. The third-order valence-corrected chi connectivity index (χ3v) is 3.43. The predicted octanol–water partition coefficient (Wildman–Crippen LogP) is 0.653. The minimum Gasteiger partial charge on any atom is -0.393 e. The second kappa shape index (κ2) is 4.87. The number of carbonyl (C=O) groups is 1. The summed E-state index contributed by atoms with van der Waals surface area (Å²) in [5.41, 5.74) is 0.600. The fraction of sp³-hybridized carbons (Fsp3) is 0.667. The molecule has 2 unspecified atom stereocenters. The van der Waals surface area contributed by atoms with Gasteiger partial charge in [-0.25, -0.2) is 0 Å². The van der Waals surface area contributed by atoms with Crippen LogP contribution in [0.15, 0.2) is 12.4 Å². The fourth-order valence-corrected chi connectivity index (χ4v) is 2.42. The summed E-state index contributed by atoms with van der Waals surface area (Å²) in [6.07, 6.45) is 5.96. The number of aliphatic hydroxyl groups excluding tert-OH is 1. The quantitative estimate of drug-likeness (QED) is 0.840. The number of amides is 1. The summed E-state index contributed by atoms with van der Waals surface area (Å²) in [4.78, 5) is 13.7. The molecule has 0 radical (unpaired) electrons. The van der Waals surface area contributed by atoms with E-state index in [9.17, 15) is 9.90 Å². The van der Waals surface area contributed by atoms with Gasteiger partial charge in [0.05, 0.1) is 17.9 Å². The molecular formula is C12H19N3O2. The first-order valence-corrected chi connectivity index (χ1v) is 6.00. The van der Waals surface area contributed by atoms with E-state index in [0.29, 0.717) is 12.1 Å². The third-order valence-electron chi connectivity index (χ3n) is 3.43. The molecule has 0 aromatic carbocycles. The van der Waals surface area contributed by atoms with Gasteiger partial charge in [0.25, 0.3) is 5.91 Å². The summed E-state index contributed by atoms with van der Waals surface area (Å²) in [6, 6.07) is 0. The molecule has 1 N–H and O–H groups in total. The smallest absolute Gasteiger partial charge is 0.256 e. The highest BCUT2D eigenvalue weighted by Crippen LogP contribution is 2.26. The monoisotopic (exact) mass is 237 g/mol. The minimum atomic E-state index is -0.251. The van der Waals surface area contributed by atoms with E-state index in [-0.39, 0.29) is 17.9 Å². The summed E-state index contributed by atoms with van der Waals surface area (Å²) in [5, 5.41) is 13.7. The number of aliphatic hydroxyl groups is 1. The van der Waals surface area contributed by atoms with E-state index >= 15 is 0 Å². The molecule has 1 aromatic heterocycles. The van der Waals surface area contributed by atoms with Crippen molar-refractivity contribution in [3.8, 4) is 0 Å². The maximum Gasteiger partial charge on any atom is 0.256 e. The molecule has 5 heteroatoms. The van der Waals surface area contributed by atoms with E-state index in [1.807, 2.05) is 0 Å². The van der Waals surface area contributed by atoms with Crippen LogP contribution in [-0.2, 0) is 7.05 Å². The van der Waals surface area contributed by atoms with E-state index in [0.717, 1.165) is 19.3 Å². The molecule has 1 saturated carbocycles. The Labute approximate surface area is 101 Å². The molecule has 17 heavy (non-hydrogen) atoms. The molecule has 1 fully saturated rings. The number of aryl methyl sites for hydroxylation is 1. The second-order valence-corrected chi connectivity index (χ2v) is 4.85. The van der Waals surface area contributed by atoms with E-state index in [1.165, 1.54) is 0 Å². The Morgan fingerprint density at radius 2 is 2.41 bits per heavy atom. The zero-order valence-corrected chi connectivity index (χ0v) is 10.3. The van der Waals surface area contributed by atoms with Crippen molar-refractivity contribution in [2.75, 3.05) is 13.6 Å². The predicted molar refractivity (Wildman–Crippen MR) is 63.5 cm³/mol. The van der Waals surface area contributed by atoms with Gasteiger partial charge in [-0.15, -0.1) is 0 Å². The van der Waals surface area contributed by atoms with Crippen molar-refractivity contribution in [2.24, 2.45) is 13.0 Å². The Hall–Kier alpha value is -1.36. The van der Waals surface area contributed by atoms with Gasteiger partial charge in [-0.2, -0.15) is 5.10 Å². The van der Waals surface area contributed by atoms with Crippen LogP contribution in [0.25, 0.3) is 0 Å². The highest BCUT2D eigenvalue weighted by atomic mass is 16.3. The molecule has 94 valence electrons. The summed E-state index contributed by atoms with van der Waals surface area (Å²) in [7, 11) is 3.57. The zero-order valence-electron chi connectivity index (χ0n) is 10.3. The van der Waals surface area contributed by atoms with Gasteiger partial charge >= 0.3 is 0 Å². The summed E-state index contributed by atoms with van der Waals surface area (Å²) < 4.78 is 1.62. The van der Waals surface area contributed by atoms with Crippen LogP contribution in [0.1, 0.15) is 29.6 Å². The summed E-state index contributed by atoms with van der Waals surface area (Å²) in [5.74, 6) is 0.192. The Bertz CT molecular complexity index is 402. The minimum absolute atomic E-state index is 0.0304. The molecule has 2 rings (SSSR count). The van der Waals surface area contributed by atoms with Gasteiger partial charge in [-0.3, -0.25) is 9.48 Å². The van der Waals surface area contributed by atoms with Gasteiger partial charge in [0, 0.05) is 32.8 Å². The fourth-order valence-electron chi connectivity index (χ4n) is 2.42. The van der Waals surface area contributed by atoms with E-state index in [4.69, 9.17) is 0 Å². The van der Waals surface area contributed by atoms with E-state index in [1.54, 1.807) is 36.1 Å². The lowest BCUT2D eigenvalue weighted by molar-refractivity contribution is 0.0693. The van der Waals surface area contributed by atoms with Gasteiger partial charge in [-0.1, -0.05) is 6.42 Å². The number of hydrogen-bond donors (Lipinski definition) is 1. The highest BCUT2D eigenvalue weighted by Gasteiger charge is 2.27. The van der Waals surface area contributed by atoms with Crippen molar-refractivity contribution >= 4 is 5.91 Å². The first kappa shape index (κ1) is 12.1. The lowest BCUT2D eigenvalue weighted by atomic mass is 10.1. The summed E-state index contributed by atoms with van der Waals surface area (Å²) in [6.45, 7) is 0.620. The molecule has 0 saturated heterocycles. The molecule has 2 atom stereocenters. The Kier molecular flexibility index (Phi) is 3.47. The Morgan fingerprint density at radius 3 is 2.94 bits per heavy atom. The maximum atomic E-state index is 12.0. The number of nitrogens with zero attached hydrogens (tertiary/aromatic N) is 3. The maximum absolute atomic E-state index is 12.0. The van der Waals surface area contributed by atoms with Crippen LogP contribution in [0.4, 0.5) is 0 Å². The molecule has 5 nitrogen and oxygen atoms in total. The van der Waals surface area contributed by atoms with Gasteiger partial charge in [0.1, 0.15) is 0 Å². The molecule has 1 amide bonds. The lowest BCUT2D eigenvalue weighted by Crippen LogP contribution is -2.34. The molecule has 1 aromatic rings. The van der Waals surface area contributed by atoms with Gasteiger partial charge in [-0.05, 0) is 12.8 Å². The van der Waals surface area contributed by atoms with Gasteiger partial charge < -0.3 is 10.0 Å². The first-order chi connectivity index (χ1) is 8.08. The average molecular weight is 237 g/mol. The molecule has 0 spiro atoms. The van der Waals surface area contributed by atoms with Crippen LogP contribution in [0.5, 0.6) is 0 Å². The third kappa shape index (κ3) is 2.66. The zero-order chi connectivity index (χ0) is 12.4. The second-order valence-electron chi connectivity index (χ2n) is 4.85. The normalized spacial score (nSPS) is 23.9. The lowest BCUT2D eigenvalue weighted by Gasteiger charge is -2.22. The average Bonchev–Trinajstić information content (AvgIpc) is 2.88. The highest BCUT2D eigenvalue weighted by molar-refractivity contribution is 5.93. The van der Waals surface area contributed by atoms with E-state index < -0.39 is 0 Å². The number of carbonyl (C=O) groups excluding carboxylic acids is 1. The van der Waals surface area contributed by atoms with Crippen molar-refractivity contribution in [1.82, 2.24) is 14.7 Å². The topological polar surface area (TPSA) is 58.4 Å². The molecule has 1 aliphatic rings. The van der Waals surface area contributed by atoms with Crippen molar-refractivity contribution in [2.45, 2.75) is 25.4 Å². The van der Waals surface area contributed by atoms with Gasteiger partial charge in [0.15, 0.2) is 0 Å². The number of rotatable bonds is 3. The van der Waals surface area contributed by atoms with Crippen molar-refractivity contribution in [3.05, 3.63) is 18.0 Å². The summed E-state index contributed by atoms with van der Waals surface area (Å²) >= 11 is 0. The van der Waals surface area contributed by atoms with Gasteiger partial charge in [0.2, 0.25) is 0 Å². The van der Waals surface area contributed by atoms with Crippen LogP contribution < -0.4 is 0 Å². The molecule has 0 aliphatic heterocycles. The van der Waals surface area contributed by atoms with Crippen LogP contribution >= 0.6 is 0 Å². The molecular weight excluding hydrogens is 218 g/mol. The SMILES string of the molecule is CN(CC1CCCC1O)C(=O)c1cnn(C)c1. The largest absolute Gasteiger partial charge is 0.393 e. The van der Waals surface area contributed by atoms with Crippen LogP contribution in [0.2, 0.25) is 0 Å². The standard InChI is InChI=1S/C12H19N3O2/c1-14(7-9-4-3-5-11(9)16)12(17)10-6-13-15(2)8-10/h6,8-9,11,16H,3-5,7H2,1-2H3. The van der Waals surface area contributed by atoms with Crippen LogP contribution in [-0.4, -0.2) is 45.4 Å². The Balaban J connectivity index is 1.95. The molecule has 0 bridgehead atoms. The first-order valence-electron chi connectivity index (χ1n) is 6.00. The molecule has 1 heterocycles. The van der Waals surface area contributed by atoms with Crippen LogP contribution in [0.3, 0.4) is 0 Å². The van der Waals surface area contributed by atoms with Crippen molar-refractivity contribution in [1.29, 1.82) is 0 Å². The van der Waals surface area contributed by atoms with Crippen LogP contribution in [0, 0.1) is 5.92 Å². The molecule has 1 aliphatic carbocycles. The Morgan fingerprint density at radius 1 is 1.65 bits per heavy atom. The van der Waals surface area contributed by atoms with E-state index in [2.05, 4.69) is 5.10 Å².